The third kappa shape index (κ3) is 2.34. The van der Waals surface area contributed by atoms with E-state index in [4.69, 9.17) is 4.65 Å². The van der Waals surface area contributed by atoms with Crippen LogP contribution in [0.3, 0.4) is 0 Å². The van der Waals surface area contributed by atoms with E-state index < -0.39 is 6.92 Å². The predicted molar refractivity (Wildman–Crippen MR) is 112 cm³/mol. The molecule has 0 radical (unpaired) electrons. The zero-order chi connectivity index (χ0) is 19.5. The summed E-state index contributed by atoms with van der Waals surface area (Å²) in [4.78, 5) is 2.04. The van der Waals surface area contributed by atoms with Crippen LogP contribution in [-0.2, 0) is 0 Å². The fourth-order valence-electron chi connectivity index (χ4n) is 4.39. The summed E-state index contributed by atoms with van der Waals surface area (Å²) in [5.74, 6) is 0.175. The molecule has 2 heterocycles. The molecule has 0 aliphatic carbocycles. The Morgan fingerprint density at radius 1 is 0.690 bits per heavy atom. The highest BCUT2D eigenvalue weighted by Gasteiger charge is 2.42. The zero-order valence-corrected chi connectivity index (χ0v) is 15.3. The van der Waals surface area contributed by atoms with Crippen molar-refractivity contribution >= 4 is 34.9 Å². The Balaban J connectivity index is 1.68. The summed E-state index contributed by atoms with van der Waals surface area (Å²) >= 11 is 0. The van der Waals surface area contributed by atoms with Crippen LogP contribution in [0.1, 0.15) is 0 Å². The minimum absolute atomic E-state index is 0.296. The van der Waals surface area contributed by atoms with Gasteiger partial charge in [-0.15, -0.1) is 0 Å². The Kier molecular flexibility index (Phi) is 3.36. The van der Waals surface area contributed by atoms with Crippen molar-refractivity contribution in [3.05, 3.63) is 96.6 Å². The second kappa shape index (κ2) is 5.95. The molecular formula is C24H14BF2NO. The van der Waals surface area contributed by atoms with Gasteiger partial charge < -0.3 is 9.55 Å². The molecule has 0 unspecified atom stereocenters. The maximum atomic E-state index is 14.3. The molecule has 0 amide bonds. The molecule has 0 fully saturated rings. The van der Waals surface area contributed by atoms with E-state index in [0.29, 0.717) is 0 Å². The molecule has 0 saturated heterocycles. The van der Waals surface area contributed by atoms with Crippen molar-refractivity contribution in [3.63, 3.8) is 0 Å². The summed E-state index contributed by atoms with van der Waals surface area (Å²) in [6, 6.07) is 25.1. The number of benzene rings is 4. The van der Waals surface area contributed by atoms with E-state index in [1.807, 2.05) is 41.3 Å². The second-order valence-corrected chi connectivity index (χ2v) is 7.25. The van der Waals surface area contributed by atoms with Gasteiger partial charge in [0.25, 0.3) is 0 Å². The Hall–Kier alpha value is -3.60. The first-order valence-electron chi connectivity index (χ1n) is 9.45. The van der Waals surface area contributed by atoms with Gasteiger partial charge in [-0.25, -0.2) is 8.78 Å². The molecule has 138 valence electrons. The average Bonchev–Trinajstić information content (AvgIpc) is 2.75. The van der Waals surface area contributed by atoms with E-state index >= 15 is 0 Å². The molecule has 4 aromatic carbocycles. The first-order valence-corrected chi connectivity index (χ1v) is 9.45. The first-order chi connectivity index (χ1) is 14.2. The minimum atomic E-state index is -0.404. The molecule has 0 spiro atoms. The highest BCUT2D eigenvalue weighted by atomic mass is 19.1. The number of nitrogens with zero attached hydrogens (tertiary/aromatic N) is 1. The maximum absolute atomic E-state index is 14.3. The molecule has 2 aliphatic heterocycles. The Morgan fingerprint density at radius 3 is 2.31 bits per heavy atom. The molecule has 0 aromatic heterocycles. The fourth-order valence-corrected chi connectivity index (χ4v) is 4.39. The van der Waals surface area contributed by atoms with Gasteiger partial charge in [0.2, 0.25) is 0 Å². The van der Waals surface area contributed by atoms with Crippen molar-refractivity contribution in [2.75, 3.05) is 4.90 Å². The van der Waals surface area contributed by atoms with Gasteiger partial charge in [-0.1, -0.05) is 30.3 Å². The molecule has 4 aromatic rings. The van der Waals surface area contributed by atoms with Gasteiger partial charge in [0.1, 0.15) is 17.4 Å². The van der Waals surface area contributed by atoms with Crippen LogP contribution >= 0.6 is 0 Å². The van der Waals surface area contributed by atoms with Crippen molar-refractivity contribution in [3.8, 4) is 16.9 Å². The average molecular weight is 381 g/mol. The summed E-state index contributed by atoms with van der Waals surface area (Å²) in [5, 5.41) is 0. The fraction of sp³-hybridized carbons (Fsp3) is 0. The lowest BCUT2D eigenvalue weighted by molar-refractivity contribution is 0.588. The number of rotatable bonds is 1. The van der Waals surface area contributed by atoms with Crippen LogP contribution in [0.25, 0.3) is 11.1 Å². The van der Waals surface area contributed by atoms with Crippen LogP contribution in [-0.4, -0.2) is 6.92 Å². The van der Waals surface area contributed by atoms with Crippen LogP contribution in [0.15, 0.2) is 84.9 Å². The summed E-state index contributed by atoms with van der Waals surface area (Å²) < 4.78 is 34.2. The predicted octanol–water partition coefficient (Wildman–Crippen LogP) is 4.91. The van der Waals surface area contributed by atoms with Gasteiger partial charge in [0.05, 0.1) is 0 Å². The Bertz CT molecular complexity index is 1270. The third-order valence-electron chi connectivity index (χ3n) is 5.61. The number of fused-ring (bicyclic) bond motifs is 4. The van der Waals surface area contributed by atoms with Crippen molar-refractivity contribution in [1.29, 1.82) is 0 Å². The van der Waals surface area contributed by atoms with E-state index in [2.05, 4.69) is 6.07 Å². The van der Waals surface area contributed by atoms with Gasteiger partial charge in [-0.05, 0) is 65.6 Å². The molecule has 29 heavy (non-hydrogen) atoms. The molecule has 6 rings (SSSR count). The summed E-state index contributed by atoms with van der Waals surface area (Å²) in [7, 11) is 0. The molecule has 0 bridgehead atoms. The van der Waals surface area contributed by atoms with Crippen molar-refractivity contribution in [1.82, 2.24) is 0 Å². The lowest BCUT2D eigenvalue weighted by atomic mass is 9.49. The lowest BCUT2D eigenvalue weighted by Gasteiger charge is -2.39. The van der Waals surface area contributed by atoms with Crippen molar-refractivity contribution < 1.29 is 13.4 Å². The summed E-state index contributed by atoms with van der Waals surface area (Å²) in [6.07, 6.45) is 0. The van der Waals surface area contributed by atoms with Gasteiger partial charge in [-0.2, -0.15) is 0 Å². The number of para-hydroxylation sites is 1. The normalized spacial score (nSPS) is 13.3. The van der Waals surface area contributed by atoms with Crippen LogP contribution in [0, 0.1) is 11.6 Å². The van der Waals surface area contributed by atoms with Gasteiger partial charge in [0.15, 0.2) is 0 Å². The van der Waals surface area contributed by atoms with Crippen LogP contribution in [0.4, 0.5) is 25.8 Å². The van der Waals surface area contributed by atoms with Crippen LogP contribution in [0.5, 0.6) is 5.75 Å². The molecule has 2 aliphatic rings. The van der Waals surface area contributed by atoms with E-state index in [1.54, 1.807) is 18.2 Å². The second-order valence-electron chi connectivity index (χ2n) is 7.25. The number of hydrogen-bond acceptors (Lipinski definition) is 2. The largest absolute Gasteiger partial charge is 0.551 e. The monoisotopic (exact) mass is 381 g/mol. The van der Waals surface area contributed by atoms with Crippen LogP contribution in [0.2, 0.25) is 0 Å². The number of hydrogen-bond donors (Lipinski definition) is 0. The highest BCUT2D eigenvalue weighted by molar-refractivity contribution is 6.85. The van der Waals surface area contributed by atoms with Crippen molar-refractivity contribution in [2.45, 2.75) is 0 Å². The van der Waals surface area contributed by atoms with E-state index in [0.717, 1.165) is 44.9 Å². The van der Waals surface area contributed by atoms with Gasteiger partial charge >= 0.3 is 6.92 Å². The standard InChI is InChI=1S/C24H14BF2NO/c26-15-8-11-17(12-9-15)28-21-13-10-16(27)14-20(21)25-24-19(5-3-6-22(24)28)18-4-1-2-7-23(18)29-25/h1-14H. The molecule has 0 atom stereocenters. The summed E-state index contributed by atoms with van der Waals surface area (Å²) in [6.45, 7) is -0.404. The first kappa shape index (κ1) is 16.4. The zero-order valence-electron chi connectivity index (χ0n) is 15.3. The summed E-state index contributed by atoms with van der Waals surface area (Å²) in [5.41, 5.74) is 6.41. The number of halogens is 2. The maximum Gasteiger partial charge on any atom is 0.431 e. The molecule has 2 nitrogen and oxygen atoms in total. The molecule has 0 saturated carbocycles. The minimum Gasteiger partial charge on any atom is -0.551 e. The van der Waals surface area contributed by atoms with E-state index in [1.165, 1.54) is 24.3 Å². The lowest BCUT2D eigenvalue weighted by Crippen LogP contribution is -2.56. The highest BCUT2D eigenvalue weighted by Crippen LogP contribution is 2.42. The quantitative estimate of drug-likeness (QED) is 0.435. The third-order valence-corrected chi connectivity index (χ3v) is 5.61. The molecule has 5 heteroatoms. The van der Waals surface area contributed by atoms with Gasteiger partial charge in [-0.3, -0.25) is 0 Å². The molecular weight excluding hydrogens is 367 g/mol. The molecule has 0 N–H and O–H groups in total. The van der Waals surface area contributed by atoms with Gasteiger partial charge in [0, 0.05) is 28.1 Å². The van der Waals surface area contributed by atoms with Crippen LogP contribution < -0.4 is 20.5 Å². The van der Waals surface area contributed by atoms with E-state index in [-0.39, 0.29) is 11.6 Å². The van der Waals surface area contributed by atoms with E-state index in [9.17, 15) is 8.78 Å². The Morgan fingerprint density at radius 2 is 1.45 bits per heavy atom. The Labute approximate surface area is 167 Å². The smallest absolute Gasteiger partial charge is 0.431 e. The topological polar surface area (TPSA) is 12.5 Å². The SMILES string of the molecule is Fc1ccc(N2c3ccc(F)cc3B3Oc4ccccc4-c4cccc2c43)cc1. The number of anilines is 3. The van der Waals surface area contributed by atoms with Crippen molar-refractivity contribution in [2.24, 2.45) is 0 Å².